The van der Waals surface area contributed by atoms with Crippen LogP contribution in [0.25, 0.3) is 0 Å². The minimum absolute atomic E-state index is 0.185. The lowest BCUT2D eigenvalue weighted by molar-refractivity contribution is -0.133. The molecule has 1 aliphatic rings. The lowest BCUT2D eigenvalue weighted by atomic mass is 10.0. The Hall–Kier alpha value is -3.72. The Bertz CT molecular complexity index is 1050. The van der Waals surface area contributed by atoms with Gasteiger partial charge in [-0.1, -0.05) is 56.2 Å². The van der Waals surface area contributed by atoms with Crippen LogP contribution in [0, 0.1) is 0 Å². The number of unbranched alkanes of at least 4 members (excludes halogenated alkanes) is 2. The molecule has 3 unspecified atom stereocenters. The van der Waals surface area contributed by atoms with Crippen LogP contribution in [-0.4, -0.2) is 54.8 Å². The molecule has 1 aliphatic heterocycles. The number of amides is 4. The second kappa shape index (κ2) is 14.1. The summed E-state index contributed by atoms with van der Waals surface area (Å²) < 4.78 is 0. The van der Waals surface area contributed by atoms with Gasteiger partial charge in [0.25, 0.3) is 11.8 Å². The summed E-state index contributed by atoms with van der Waals surface area (Å²) in [5, 5.41) is 8.42. The van der Waals surface area contributed by atoms with Crippen molar-refractivity contribution in [1.82, 2.24) is 16.0 Å². The van der Waals surface area contributed by atoms with Crippen LogP contribution in [0.2, 0.25) is 0 Å². The maximum Gasteiger partial charge on any atom is 0.251 e. The zero-order chi connectivity index (χ0) is 26.6. The molecule has 2 aromatic carbocycles. The van der Waals surface area contributed by atoms with Gasteiger partial charge in [-0.05, 0) is 56.5 Å². The van der Waals surface area contributed by atoms with E-state index in [1.54, 1.807) is 29.2 Å². The first kappa shape index (κ1) is 27.9. The first-order valence-electron chi connectivity index (χ1n) is 13.0. The Balaban J connectivity index is 1.63. The number of carbonyl (C=O) groups is 4. The number of benzene rings is 2. The van der Waals surface area contributed by atoms with Crippen molar-refractivity contribution in [3.8, 4) is 0 Å². The SMILES string of the molecule is CCCCC(NC(=O)C(CCCCN)NC(=O)c1ccccc1)C(=O)NC1CN(c2ccccc2)C1=O. The van der Waals surface area contributed by atoms with Crippen LogP contribution in [0.15, 0.2) is 60.7 Å². The molecule has 3 atom stereocenters. The van der Waals surface area contributed by atoms with Crippen molar-refractivity contribution < 1.29 is 19.2 Å². The van der Waals surface area contributed by atoms with E-state index in [1.807, 2.05) is 43.3 Å². The summed E-state index contributed by atoms with van der Waals surface area (Å²) in [4.78, 5) is 53.3. The number of nitrogens with zero attached hydrogens (tertiary/aromatic N) is 1. The summed E-state index contributed by atoms with van der Waals surface area (Å²) in [6, 6.07) is 15.7. The molecule has 0 spiro atoms. The fourth-order valence-electron chi connectivity index (χ4n) is 4.19. The van der Waals surface area contributed by atoms with Crippen molar-refractivity contribution in [3.05, 3.63) is 66.2 Å². The van der Waals surface area contributed by atoms with Crippen molar-refractivity contribution in [2.75, 3.05) is 18.0 Å². The highest BCUT2D eigenvalue weighted by molar-refractivity contribution is 6.06. The van der Waals surface area contributed by atoms with Crippen molar-refractivity contribution in [2.45, 2.75) is 63.6 Å². The van der Waals surface area contributed by atoms with E-state index in [1.165, 1.54) is 0 Å². The lowest BCUT2D eigenvalue weighted by Crippen LogP contribution is -2.66. The standard InChI is InChI=1S/C28H37N5O4/c1-2-3-16-22(27(36)32-24-19-33(28(24)37)21-14-8-5-9-15-21)31-26(35)23(17-10-11-18-29)30-25(34)20-12-6-4-7-13-20/h4-9,12-15,22-24H,2-3,10-11,16-19,29H2,1H3,(H,30,34)(H,31,35)(H,32,36). The summed E-state index contributed by atoms with van der Waals surface area (Å²) in [6.45, 7) is 2.86. The number of nitrogens with one attached hydrogen (secondary N) is 3. The topological polar surface area (TPSA) is 134 Å². The Morgan fingerprint density at radius 2 is 1.51 bits per heavy atom. The Morgan fingerprint density at radius 3 is 2.14 bits per heavy atom. The highest BCUT2D eigenvalue weighted by atomic mass is 16.2. The Morgan fingerprint density at radius 1 is 0.892 bits per heavy atom. The van der Waals surface area contributed by atoms with Gasteiger partial charge in [0, 0.05) is 11.3 Å². The van der Waals surface area contributed by atoms with Gasteiger partial charge in [0.05, 0.1) is 6.54 Å². The van der Waals surface area contributed by atoms with Gasteiger partial charge in [-0.3, -0.25) is 19.2 Å². The highest BCUT2D eigenvalue weighted by Gasteiger charge is 2.40. The van der Waals surface area contributed by atoms with E-state index in [4.69, 9.17) is 5.73 Å². The molecule has 1 heterocycles. The van der Waals surface area contributed by atoms with E-state index in [9.17, 15) is 19.2 Å². The minimum Gasteiger partial charge on any atom is -0.343 e. The number of β-lactam (4-membered cyclic amide) rings is 1. The van der Waals surface area contributed by atoms with Crippen molar-refractivity contribution in [2.24, 2.45) is 5.73 Å². The zero-order valence-electron chi connectivity index (χ0n) is 21.3. The molecule has 0 radical (unpaired) electrons. The smallest absolute Gasteiger partial charge is 0.251 e. The molecule has 3 rings (SSSR count). The molecule has 198 valence electrons. The summed E-state index contributed by atoms with van der Waals surface area (Å²) in [5.41, 5.74) is 6.84. The van der Waals surface area contributed by atoms with Gasteiger partial charge in [0.15, 0.2) is 0 Å². The number of carbonyl (C=O) groups excluding carboxylic acids is 4. The largest absolute Gasteiger partial charge is 0.343 e. The van der Waals surface area contributed by atoms with Crippen LogP contribution in [0.4, 0.5) is 5.69 Å². The van der Waals surface area contributed by atoms with Gasteiger partial charge in [0.2, 0.25) is 11.8 Å². The average Bonchev–Trinajstić information content (AvgIpc) is 2.92. The third kappa shape index (κ3) is 7.88. The van der Waals surface area contributed by atoms with E-state index in [2.05, 4.69) is 16.0 Å². The quantitative estimate of drug-likeness (QED) is 0.230. The third-order valence-electron chi connectivity index (χ3n) is 6.40. The summed E-state index contributed by atoms with van der Waals surface area (Å²) >= 11 is 0. The zero-order valence-corrected chi connectivity index (χ0v) is 21.3. The monoisotopic (exact) mass is 507 g/mol. The lowest BCUT2D eigenvalue weighted by Gasteiger charge is -2.39. The molecule has 1 fully saturated rings. The first-order chi connectivity index (χ1) is 17.9. The summed E-state index contributed by atoms with van der Waals surface area (Å²) in [7, 11) is 0. The van der Waals surface area contributed by atoms with E-state index < -0.39 is 29.9 Å². The van der Waals surface area contributed by atoms with Crippen molar-refractivity contribution in [3.63, 3.8) is 0 Å². The molecule has 5 N–H and O–H groups in total. The average molecular weight is 508 g/mol. The molecule has 9 nitrogen and oxygen atoms in total. The predicted octanol–water partition coefficient (Wildman–Crippen LogP) is 2.12. The fourth-order valence-corrected chi connectivity index (χ4v) is 4.19. The normalized spacial score (nSPS) is 16.3. The summed E-state index contributed by atoms with van der Waals surface area (Å²) in [6.07, 6.45) is 3.76. The van der Waals surface area contributed by atoms with Crippen LogP contribution >= 0.6 is 0 Å². The van der Waals surface area contributed by atoms with Crippen LogP contribution < -0.4 is 26.6 Å². The molecule has 2 aromatic rings. The van der Waals surface area contributed by atoms with E-state index in [-0.39, 0.29) is 11.8 Å². The number of hydrogen-bond acceptors (Lipinski definition) is 5. The number of hydrogen-bond donors (Lipinski definition) is 4. The van der Waals surface area contributed by atoms with Crippen LogP contribution in [0.1, 0.15) is 55.8 Å². The molecule has 0 bridgehead atoms. The van der Waals surface area contributed by atoms with Crippen molar-refractivity contribution >= 4 is 29.3 Å². The van der Waals surface area contributed by atoms with Gasteiger partial charge < -0.3 is 26.6 Å². The molecule has 4 amide bonds. The number of para-hydroxylation sites is 1. The highest BCUT2D eigenvalue weighted by Crippen LogP contribution is 2.21. The number of rotatable bonds is 14. The molecule has 0 aliphatic carbocycles. The van der Waals surface area contributed by atoms with E-state index in [0.29, 0.717) is 44.3 Å². The molecular formula is C28H37N5O4. The van der Waals surface area contributed by atoms with Gasteiger partial charge in [0.1, 0.15) is 18.1 Å². The Kier molecular flexibility index (Phi) is 10.6. The molecule has 0 saturated carbocycles. The van der Waals surface area contributed by atoms with Crippen LogP contribution in [0.3, 0.4) is 0 Å². The molecule has 37 heavy (non-hydrogen) atoms. The first-order valence-corrected chi connectivity index (χ1v) is 13.0. The maximum absolute atomic E-state index is 13.2. The predicted molar refractivity (Wildman–Crippen MR) is 143 cm³/mol. The maximum atomic E-state index is 13.2. The third-order valence-corrected chi connectivity index (χ3v) is 6.40. The Labute approximate surface area is 218 Å². The number of anilines is 1. The molecule has 0 aromatic heterocycles. The molecular weight excluding hydrogens is 470 g/mol. The minimum atomic E-state index is -0.810. The second-order valence-electron chi connectivity index (χ2n) is 9.23. The van der Waals surface area contributed by atoms with E-state index >= 15 is 0 Å². The fraction of sp³-hybridized carbons (Fsp3) is 0.429. The summed E-state index contributed by atoms with van der Waals surface area (Å²) in [5.74, 6) is -1.37. The van der Waals surface area contributed by atoms with Gasteiger partial charge >= 0.3 is 0 Å². The second-order valence-corrected chi connectivity index (χ2v) is 9.23. The van der Waals surface area contributed by atoms with Gasteiger partial charge in [-0.2, -0.15) is 0 Å². The number of nitrogens with two attached hydrogens (primary N) is 1. The van der Waals surface area contributed by atoms with Crippen LogP contribution in [0.5, 0.6) is 0 Å². The van der Waals surface area contributed by atoms with Crippen LogP contribution in [-0.2, 0) is 14.4 Å². The van der Waals surface area contributed by atoms with Gasteiger partial charge in [-0.25, -0.2) is 0 Å². The molecule has 1 saturated heterocycles. The van der Waals surface area contributed by atoms with Gasteiger partial charge in [-0.15, -0.1) is 0 Å². The van der Waals surface area contributed by atoms with Crippen molar-refractivity contribution in [1.29, 1.82) is 0 Å². The molecule has 9 heteroatoms. The van der Waals surface area contributed by atoms with E-state index in [0.717, 1.165) is 18.5 Å².